The van der Waals surface area contributed by atoms with Gasteiger partial charge in [-0.1, -0.05) is 13.8 Å². The van der Waals surface area contributed by atoms with Gasteiger partial charge in [-0.3, -0.25) is 9.69 Å². The van der Waals surface area contributed by atoms with Gasteiger partial charge in [-0.15, -0.1) is 11.3 Å². The highest BCUT2D eigenvalue weighted by atomic mass is 32.1. The quantitative estimate of drug-likeness (QED) is 0.503. The predicted octanol–water partition coefficient (Wildman–Crippen LogP) is 4.53. The molecule has 0 spiro atoms. The van der Waals surface area contributed by atoms with Crippen molar-refractivity contribution in [3.05, 3.63) is 22.3 Å². The monoisotopic (exact) mass is 506 g/mol. The molecule has 1 saturated heterocycles. The Morgan fingerprint density at radius 2 is 2.00 bits per heavy atom. The molecule has 11 heteroatoms. The van der Waals surface area contributed by atoms with Crippen LogP contribution in [0, 0.1) is 5.92 Å². The van der Waals surface area contributed by atoms with Crippen molar-refractivity contribution in [3.8, 4) is 11.6 Å². The number of thiazole rings is 1. The highest BCUT2D eigenvalue weighted by molar-refractivity contribution is 7.10. The molecule has 2 aromatic heterocycles. The zero-order valence-electron chi connectivity index (χ0n) is 21.4. The summed E-state index contributed by atoms with van der Waals surface area (Å²) >= 11 is 1.41. The molecule has 0 saturated carbocycles. The van der Waals surface area contributed by atoms with Crippen molar-refractivity contribution in [1.29, 1.82) is 0 Å². The summed E-state index contributed by atoms with van der Waals surface area (Å²) in [6.07, 6.45) is 2.83. The van der Waals surface area contributed by atoms with Crippen molar-refractivity contribution >= 4 is 29.3 Å². The normalized spacial score (nSPS) is 16.9. The van der Waals surface area contributed by atoms with E-state index in [0.717, 1.165) is 17.8 Å². The fraction of sp³-hybridized carbons (Fsp3) is 0.625. The fourth-order valence-corrected chi connectivity index (χ4v) is 4.88. The van der Waals surface area contributed by atoms with E-state index in [0.29, 0.717) is 18.7 Å². The Hall–Kier alpha value is -2.95. The summed E-state index contributed by atoms with van der Waals surface area (Å²) in [5.74, 6) is -0.287. The van der Waals surface area contributed by atoms with E-state index in [9.17, 15) is 14.4 Å². The van der Waals surface area contributed by atoms with E-state index in [4.69, 9.17) is 9.15 Å². The Morgan fingerprint density at radius 3 is 2.63 bits per heavy atom. The van der Waals surface area contributed by atoms with Crippen LogP contribution >= 0.6 is 11.3 Å². The number of rotatable bonds is 7. The SMILES string of the molecule is COC(=O)c1coc(-c2csc([C@@H]3CCCN3C(=O)[C@H](CC(C)C)N(C)C(=O)OC(C)(C)C)n2)n1. The van der Waals surface area contributed by atoms with E-state index in [1.54, 1.807) is 33.2 Å². The molecule has 0 bridgehead atoms. The number of esters is 1. The van der Waals surface area contributed by atoms with Gasteiger partial charge in [0.15, 0.2) is 5.69 Å². The molecular formula is C24H34N4O6S. The van der Waals surface area contributed by atoms with Crippen molar-refractivity contribution < 1.29 is 28.3 Å². The molecule has 2 amide bonds. The first-order chi connectivity index (χ1) is 16.4. The molecular weight excluding hydrogens is 472 g/mol. The van der Waals surface area contributed by atoms with Crippen molar-refractivity contribution in [2.45, 2.75) is 71.6 Å². The summed E-state index contributed by atoms with van der Waals surface area (Å²) < 4.78 is 15.6. The summed E-state index contributed by atoms with van der Waals surface area (Å²) in [6, 6.07) is -0.850. The van der Waals surface area contributed by atoms with Gasteiger partial charge in [-0.25, -0.2) is 19.6 Å². The number of aromatic nitrogens is 2. The maximum absolute atomic E-state index is 13.7. The van der Waals surface area contributed by atoms with E-state index in [-0.39, 0.29) is 29.5 Å². The van der Waals surface area contributed by atoms with Crippen LogP contribution in [0.15, 0.2) is 16.1 Å². The van der Waals surface area contributed by atoms with Crippen LogP contribution in [0.5, 0.6) is 0 Å². The summed E-state index contributed by atoms with van der Waals surface area (Å²) in [5.41, 5.74) is -0.0989. The highest BCUT2D eigenvalue weighted by Crippen LogP contribution is 2.36. The van der Waals surface area contributed by atoms with Crippen LogP contribution in [0.25, 0.3) is 11.6 Å². The molecule has 0 N–H and O–H groups in total. The van der Waals surface area contributed by atoms with E-state index in [1.807, 2.05) is 18.7 Å². The van der Waals surface area contributed by atoms with E-state index >= 15 is 0 Å². The Labute approximate surface area is 209 Å². The summed E-state index contributed by atoms with van der Waals surface area (Å²) in [6.45, 7) is 10.0. The van der Waals surface area contributed by atoms with Crippen LogP contribution in [0.2, 0.25) is 0 Å². The maximum atomic E-state index is 13.7. The minimum Gasteiger partial charge on any atom is -0.464 e. The second-order valence-corrected chi connectivity index (χ2v) is 10.9. The molecule has 3 heterocycles. The maximum Gasteiger partial charge on any atom is 0.410 e. The third kappa shape index (κ3) is 6.39. The summed E-state index contributed by atoms with van der Waals surface area (Å²) in [7, 11) is 2.89. The second kappa shape index (κ2) is 10.8. The minimum atomic E-state index is -0.655. The number of likely N-dealkylation sites (tertiary alicyclic amines) is 1. The topological polar surface area (TPSA) is 115 Å². The molecule has 0 aliphatic carbocycles. The average Bonchev–Trinajstić information content (AvgIpc) is 3.53. The lowest BCUT2D eigenvalue weighted by molar-refractivity contribution is -0.138. The molecule has 0 unspecified atom stereocenters. The first kappa shape index (κ1) is 26.7. The number of likely N-dealkylation sites (N-methyl/N-ethyl adjacent to an activating group) is 1. The van der Waals surface area contributed by atoms with Crippen LogP contribution in [0.1, 0.15) is 75.4 Å². The predicted molar refractivity (Wildman–Crippen MR) is 130 cm³/mol. The highest BCUT2D eigenvalue weighted by Gasteiger charge is 2.39. The van der Waals surface area contributed by atoms with E-state index in [2.05, 4.69) is 14.7 Å². The van der Waals surface area contributed by atoms with Crippen LogP contribution in [0.4, 0.5) is 4.79 Å². The Balaban J connectivity index is 1.81. The Kier molecular flexibility index (Phi) is 8.19. The van der Waals surface area contributed by atoms with Gasteiger partial charge in [-0.05, 0) is 46.0 Å². The molecule has 3 rings (SSSR count). The molecule has 1 fully saturated rings. The molecule has 10 nitrogen and oxygen atoms in total. The van der Waals surface area contributed by atoms with E-state index < -0.39 is 23.7 Å². The smallest absolute Gasteiger partial charge is 0.410 e. The van der Waals surface area contributed by atoms with Crippen molar-refractivity contribution in [1.82, 2.24) is 19.8 Å². The summed E-state index contributed by atoms with van der Waals surface area (Å²) in [5, 5.41) is 2.55. The van der Waals surface area contributed by atoms with Gasteiger partial charge in [0.2, 0.25) is 11.8 Å². The first-order valence-electron chi connectivity index (χ1n) is 11.7. The minimum absolute atomic E-state index is 0.0661. The van der Waals surface area contributed by atoms with Crippen molar-refractivity contribution in [2.75, 3.05) is 20.7 Å². The number of oxazole rings is 1. The molecule has 2 aromatic rings. The number of carbonyl (C=O) groups is 3. The lowest BCUT2D eigenvalue weighted by Crippen LogP contribution is -2.50. The lowest BCUT2D eigenvalue weighted by Gasteiger charge is -2.34. The van der Waals surface area contributed by atoms with Crippen molar-refractivity contribution in [2.24, 2.45) is 5.92 Å². The zero-order chi connectivity index (χ0) is 25.9. The zero-order valence-corrected chi connectivity index (χ0v) is 22.2. The molecule has 192 valence electrons. The number of hydrogen-bond donors (Lipinski definition) is 0. The van der Waals surface area contributed by atoms with Gasteiger partial charge < -0.3 is 18.8 Å². The number of amides is 2. The summed E-state index contributed by atoms with van der Waals surface area (Å²) in [4.78, 5) is 50.2. The second-order valence-electron chi connectivity index (χ2n) is 10.0. The van der Waals surface area contributed by atoms with Crippen molar-refractivity contribution in [3.63, 3.8) is 0 Å². The number of carbonyl (C=O) groups excluding carboxylic acids is 3. The third-order valence-electron chi connectivity index (χ3n) is 5.59. The van der Waals surface area contributed by atoms with Gasteiger partial charge in [0.1, 0.15) is 28.6 Å². The molecule has 0 aromatic carbocycles. The molecule has 35 heavy (non-hydrogen) atoms. The van der Waals surface area contributed by atoms with Crippen LogP contribution in [-0.4, -0.2) is 70.1 Å². The molecule has 1 aliphatic heterocycles. The fourth-order valence-electron chi connectivity index (χ4n) is 3.94. The molecule has 2 atom stereocenters. The van der Waals surface area contributed by atoms with Gasteiger partial charge in [0.05, 0.1) is 13.2 Å². The number of hydrogen-bond acceptors (Lipinski definition) is 9. The average molecular weight is 507 g/mol. The standard InChI is InChI=1S/C24H34N4O6S/c1-14(2)11-18(27(6)23(31)34-24(3,4)5)21(29)28-10-8-9-17(28)20-26-16(13-35-20)19-25-15(12-33-19)22(30)32-7/h12-14,17-18H,8-11H2,1-7H3/t17-,18-/m0/s1. The largest absolute Gasteiger partial charge is 0.464 e. The third-order valence-corrected chi connectivity index (χ3v) is 6.54. The number of ether oxygens (including phenoxy) is 2. The van der Waals surface area contributed by atoms with Crippen LogP contribution < -0.4 is 0 Å². The number of methoxy groups -OCH3 is 1. The molecule has 0 radical (unpaired) electrons. The first-order valence-corrected chi connectivity index (χ1v) is 12.5. The number of nitrogens with zero attached hydrogens (tertiary/aromatic N) is 4. The van der Waals surface area contributed by atoms with Crippen LogP contribution in [-0.2, 0) is 14.3 Å². The lowest BCUT2D eigenvalue weighted by atomic mass is 10.0. The van der Waals surface area contributed by atoms with Gasteiger partial charge in [-0.2, -0.15) is 0 Å². The Bertz CT molecular complexity index is 1060. The van der Waals surface area contributed by atoms with Gasteiger partial charge >= 0.3 is 12.1 Å². The van der Waals surface area contributed by atoms with Gasteiger partial charge in [0, 0.05) is 19.0 Å². The Morgan fingerprint density at radius 1 is 1.29 bits per heavy atom. The van der Waals surface area contributed by atoms with Crippen LogP contribution in [0.3, 0.4) is 0 Å². The van der Waals surface area contributed by atoms with Gasteiger partial charge in [0.25, 0.3) is 0 Å². The van der Waals surface area contributed by atoms with E-state index in [1.165, 1.54) is 29.6 Å². The molecule has 1 aliphatic rings.